The van der Waals surface area contributed by atoms with E-state index in [1.54, 1.807) is 37.6 Å². The molecule has 0 saturated heterocycles. The molecule has 0 spiro atoms. The average molecular weight is 486 g/mol. The van der Waals surface area contributed by atoms with Crippen molar-refractivity contribution >= 4 is 33.5 Å². The van der Waals surface area contributed by atoms with Crippen LogP contribution < -0.4 is 19.6 Å². The summed E-state index contributed by atoms with van der Waals surface area (Å²) in [7, 11) is 1.57. The number of benzene rings is 3. The summed E-state index contributed by atoms with van der Waals surface area (Å²) < 4.78 is 17.8. The van der Waals surface area contributed by atoms with Gasteiger partial charge in [-0.3, -0.25) is 15.5 Å². The number of non-ortho nitro benzene ring substituents is 1. The van der Waals surface area contributed by atoms with Crippen molar-refractivity contribution in [2.45, 2.75) is 0 Å². The Hall–Kier alpha value is -3.59. The Kier molecular flexibility index (Phi) is 7.83. The molecule has 0 fully saturated rings. The fourth-order valence-corrected chi connectivity index (χ4v) is 2.83. The zero-order chi connectivity index (χ0) is 22.1. The first-order valence-corrected chi connectivity index (χ1v) is 10.1. The molecule has 9 heteroatoms. The molecule has 3 aromatic rings. The van der Waals surface area contributed by atoms with Crippen molar-refractivity contribution in [2.24, 2.45) is 5.10 Å². The lowest BCUT2D eigenvalue weighted by Crippen LogP contribution is -2.09. The van der Waals surface area contributed by atoms with Crippen molar-refractivity contribution in [1.82, 2.24) is 0 Å². The summed E-state index contributed by atoms with van der Waals surface area (Å²) in [6, 6.07) is 19.0. The molecule has 3 aromatic carbocycles. The molecule has 0 amide bonds. The number of rotatable bonds is 10. The highest BCUT2D eigenvalue weighted by Crippen LogP contribution is 2.27. The van der Waals surface area contributed by atoms with E-state index in [9.17, 15) is 10.1 Å². The Morgan fingerprint density at radius 1 is 1.00 bits per heavy atom. The van der Waals surface area contributed by atoms with Crippen LogP contribution in [0.25, 0.3) is 0 Å². The van der Waals surface area contributed by atoms with Crippen molar-refractivity contribution in [3.8, 4) is 17.2 Å². The molecule has 0 heterocycles. The first kappa shape index (κ1) is 22.1. The van der Waals surface area contributed by atoms with Crippen LogP contribution in [0.15, 0.2) is 76.3 Å². The van der Waals surface area contributed by atoms with Gasteiger partial charge in [-0.05, 0) is 60.2 Å². The molecule has 8 nitrogen and oxygen atoms in total. The van der Waals surface area contributed by atoms with Gasteiger partial charge in [-0.25, -0.2) is 0 Å². The minimum atomic E-state index is -0.449. The number of nitro groups is 1. The minimum absolute atomic E-state index is 0.0251. The van der Waals surface area contributed by atoms with Gasteiger partial charge < -0.3 is 14.2 Å². The smallest absolute Gasteiger partial charge is 0.269 e. The van der Waals surface area contributed by atoms with Gasteiger partial charge in [0.15, 0.2) is 11.5 Å². The van der Waals surface area contributed by atoms with Gasteiger partial charge in [-0.2, -0.15) is 5.10 Å². The number of nitrogens with zero attached hydrogens (tertiary/aromatic N) is 2. The summed E-state index contributed by atoms with van der Waals surface area (Å²) in [4.78, 5) is 10.2. The second-order valence-corrected chi connectivity index (χ2v) is 7.15. The Bertz CT molecular complexity index is 1040. The summed E-state index contributed by atoms with van der Waals surface area (Å²) in [5.41, 5.74) is 4.29. The quantitative estimate of drug-likeness (QED) is 0.182. The molecular weight excluding hydrogens is 466 g/mol. The summed E-state index contributed by atoms with van der Waals surface area (Å²) in [5.74, 6) is 1.94. The van der Waals surface area contributed by atoms with Gasteiger partial charge in [0.25, 0.3) is 5.69 Å². The molecular formula is C22H20BrN3O5. The molecule has 1 N–H and O–H groups in total. The van der Waals surface area contributed by atoms with E-state index < -0.39 is 4.92 Å². The fourth-order valence-electron chi connectivity index (χ4n) is 2.56. The summed E-state index contributed by atoms with van der Waals surface area (Å²) in [5, 5.41) is 14.8. The Morgan fingerprint density at radius 3 is 2.39 bits per heavy atom. The second-order valence-electron chi connectivity index (χ2n) is 6.24. The van der Waals surface area contributed by atoms with E-state index in [4.69, 9.17) is 14.2 Å². The molecule has 0 bridgehead atoms. The van der Waals surface area contributed by atoms with Crippen molar-refractivity contribution in [3.05, 3.63) is 86.9 Å². The highest BCUT2D eigenvalue weighted by atomic mass is 79.9. The van der Waals surface area contributed by atoms with E-state index in [0.717, 1.165) is 15.8 Å². The lowest BCUT2D eigenvalue weighted by Gasteiger charge is -2.12. The van der Waals surface area contributed by atoms with Crippen LogP contribution in [0.1, 0.15) is 5.56 Å². The third-order valence-corrected chi connectivity index (χ3v) is 4.63. The van der Waals surface area contributed by atoms with Gasteiger partial charge in [0, 0.05) is 16.6 Å². The molecule has 3 rings (SSSR count). The molecule has 0 aliphatic rings. The van der Waals surface area contributed by atoms with Gasteiger partial charge in [-0.1, -0.05) is 15.9 Å². The SMILES string of the molecule is COc1cc(/C=N\Nc2ccc([N+](=O)[O-])cc2)ccc1OCCOc1ccc(Br)cc1. The molecule has 0 aliphatic carbocycles. The van der Waals surface area contributed by atoms with Crippen LogP contribution in [0, 0.1) is 10.1 Å². The van der Waals surface area contributed by atoms with Crippen molar-refractivity contribution in [3.63, 3.8) is 0 Å². The molecule has 0 saturated carbocycles. The zero-order valence-corrected chi connectivity index (χ0v) is 18.2. The molecule has 160 valence electrons. The Balaban J connectivity index is 1.51. The van der Waals surface area contributed by atoms with Crippen LogP contribution in [0.4, 0.5) is 11.4 Å². The molecule has 0 aromatic heterocycles. The van der Waals surface area contributed by atoms with Gasteiger partial charge in [-0.15, -0.1) is 0 Å². The maximum absolute atomic E-state index is 10.7. The van der Waals surface area contributed by atoms with Gasteiger partial charge in [0.1, 0.15) is 19.0 Å². The second kappa shape index (κ2) is 11.0. The predicted molar refractivity (Wildman–Crippen MR) is 122 cm³/mol. The number of nitrogens with one attached hydrogen (secondary N) is 1. The fraction of sp³-hybridized carbons (Fsp3) is 0.136. The molecule has 0 unspecified atom stereocenters. The number of anilines is 1. The van der Waals surface area contributed by atoms with E-state index in [2.05, 4.69) is 26.5 Å². The van der Waals surface area contributed by atoms with Crippen molar-refractivity contribution < 1.29 is 19.1 Å². The Labute approximate surface area is 187 Å². The van der Waals surface area contributed by atoms with Crippen LogP contribution in [0.3, 0.4) is 0 Å². The van der Waals surface area contributed by atoms with E-state index in [1.165, 1.54) is 12.1 Å². The zero-order valence-electron chi connectivity index (χ0n) is 16.7. The summed E-state index contributed by atoms with van der Waals surface area (Å²) in [6.45, 7) is 0.759. The highest BCUT2D eigenvalue weighted by molar-refractivity contribution is 9.10. The van der Waals surface area contributed by atoms with Crippen LogP contribution >= 0.6 is 15.9 Å². The van der Waals surface area contributed by atoms with E-state index in [0.29, 0.717) is 30.4 Å². The van der Waals surface area contributed by atoms with E-state index in [-0.39, 0.29) is 5.69 Å². The van der Waals surface area contributed by atoms with E-state index in [1.807, 2.05) is 30.3 Å². The third kappa shape index (κ3) is 6.71. The van der Waals surface area contributed by atoms with E-state index >= 15 is 0 Å². The van der Waals surface area contributed by atoms with Crippen molar-refractivity contribution in [1.29, 1.82) is 0 Å². The lowest BCUT2D eigenvalue weighted by atomic mass is 10.2. The van der Waals surface area contributed by atoms with Gasteiger partial charge in [0.2, 0.25) is 0 Å². The first-order chi connectivity index (χ1) is 15.0. The maximum Gasteiger partial charge on any atom is 0.269 e. The molecule has 0 aliphatic heterocycles. The number of ether oxygens (including phenoxy) is 3. The number of methoxy groups -OCH3 is 1. The van der Waals surface area contributed by atoms with Crippen LogP contribution in [0.5, 0.6) is 17.2 Å². The van der Waals surface area contributed by atoms with Crippen molar-refractivity contribution in [2.75, 3.05) is 25.7 Å². The van der Waals surface area contributed by atoms with Crippen LogP contribution in [-0.2, 0) is 0 Å². The summed E-state index contributed by atoms with van der Waals surface area (Å²) in [6.07, 6.45) is 1.62. The molecule has 31 heavy (non-hydrogen) atoms. The molecule has 0 atom stereocenters. The normalized spacial score (nSPS) is 10.6. The minimum Gasteiger partial charge on any atom is -0.493 e. The maximum atomic E-state index is 10.7. The number of hydrazone groups is 1. The topological polar surface area (TPSA) is 95.2 Å². The highest BCUT2D eigenvalue weighted by Gasteiger charge is 2.06. The van der Waals surface area contributed by atoms with Crippen LogP contribution in [0.2, 0.25) is 0 Å². The van der Waals surface area contributed by atoms with Crippen LogP contribution in [-0.4, -0.2) is 31.5 Å². The summed E-state index contributed by atoms with van der Waals surface area (Å²) >= 11 is 3.38. The monoisotopic (exact) mass is 485 g/mol. The number of hydrogen-bond acceptors (Lipinski definition) is 7. The average Bonchev–Trinajstić information content (AvgIpc) is 2.78. The standard InChI is InChI=1S/C22H20BrN3O5/c1-29-22-14-16(15-24-25-18-5-7-19(8-6-18)26(27)28)2-11-21(22)31-13-12-30-20-9-3-17(23)4-10-20/h2-11,14-15,25H,12-13H2,1H3/b24-15-. The lowest BCUT2D eigenvalue weighted by molar-refractivity contribution is -0.384. The largest absolute Gasteiger partial charge is 0.493 e. The van der Waals surface area contributed by atoms with Gasteiger partial charge >= 0.3 is 0 Å². The Morgan fingerprint density at radius 2 is 1.71 bits per heavy atom. The predicted octanol–water partition coefficient (Wildman–Crippen LogP) is 5.27. The number of nitro benzene ring substituents is 1. The third-order valence-electron chi connectivity index (χ3n) is 4.10. The number of halogens is 1. The molecule has 0 radical (unpaired) electrons. The first-order valence-electron chi connectivity index (χ1n) is 9.28. The number of hydrogen-bond donors (Lipinski definition) is 1. The van der Waals surface area contributed by atoms with Gasteiger partial charge in [0.05, 0.1) is 23.9 Å².